The maximum Gasteiger partial charge on any atom is 0.316 e. The Labute approximate surface area is 278 Å². The van der Waals surface area contributed by atoms with Crippen LogP contribution in [-0.2, 0) is 25.9 Å². The number of hydrogen-bond acceptors (Lipinski definition) is 3. The normalized spacial score (nSPS) is 19.1. The third-order valence-electron chi connectivity index (χ3n) is 9.85. The van der Waals surface area contributed by atoms with E-state index in [2.05, 4.69) is 64.1 Å². The van der Waals surface area contributed by atoms with Crippen molar-refractivity contribution in [3.05, 3.63) is 96.1 Å². The minimum atomic E-state index is -2.99. The van der Waals surface area contributed by atoms with Crippen LogP contribution in [0.3, 0.4) is 0 Å². The molecule has 1 N–H and O–H groups in total. The van der Waals surface area contributed by atoms with Crippen molar-refractivity contribution in [2.24, 2.45) is 0 Å². The molecule has 2 unspecified atom stereocenters. The highest BCUT2D eigenvalue weighted by molar-refractivity contribution is 6.99. The van der Waals surface area contributed by atoms with Crippen molar-refractivity contribution in [2.75, 3.05) is 6.61 Å². The van der Waals surface area contributed by atoms with Crippen LogP contribution < -0.4 is 10.4 Å². The number of rotatable bonds is 14. The van der Waals surface area contributed by atoms with Gasteiger partial charge in [-0.15, -0.1) is 0 Å². The fourth-order valence-electron chi connectivity index (χ4n) is 7.57. The molecule has 248 valence electrons. The van der Waals surface area contributed by atoms with Gasteiger partial charge in [-0.05, 0) is 60.2 Å². The first-order chi connectivity index (χ1) is 21.8. The van der Waals surface area contributed by atoms with Crippen molar-refractivity contribution in [1.82, 2.24) is 4.90 Å². The van der Waals surface area contributed by atoms with Crippen molar-refractivity contribution in [1.29, 1.82) is 0 Å². The van der Waals surface area contributed by atoms with E-state index in [0.29, 0.717) is 5.56 Å². The fourth-order valence-corrected chi connectivity index (χ4v) is 12.1. The third kappa shape index (κ3) is 7.18. The van der Waals surface area contributed by atoms with E-state index >= 15 is 0 Å². The highest BCUT2D eigenvalue weighted by Crippen LogP contribution is 2.46. The number of hydrogen-bond donors (Lipinski definition) is 1. The van der Waals surface area contributed by atoms with Crippen molar-refractivity contribution in [2.45, 2.75) is 122 Å². The lowest BCUT2D eigenvalue weighted by atomic mass is 9.73. The second-order valence-electron chi connectivity index (χ2n) is 15.1. The van der Waals surface area contributed by atoms with E-state index in [9.17, 15) is 14.7 Å². The summed E-state index contributed by atoms with van der Waals surface area (Å²) in [6.45, 7) is 15.0. The average molecular weight is 642 g/mol. The van der Waals surface area contributed by atoms with Crippen LogP contribution in [0.15, 0.2) is 84.9 Å². The molecule has 0 spiro atoms. The molecule has 0 saturated carbocycles. The van der Waals surface area contributed by atoms with Crippen molar-refractivity contribution >= 4 is 30.6 Å². The molecule has 4 rings (SSSR count). The van der Waals surface area contributed by atoms with Crippen LogP contribution in [-0.4, -0.2) is 48.4 Å². The second kappa shape index (κ2) is 14.7. The van der Waals surface area contributed by atoms with E-state index in [4.69, 9.17) is 4.43 Å². The molecule has 0 bridgehead atoms. The van der Waals surface area contributed by atoms with Gasteiger partial charge in [0.05, 0.1) is 12.6 Å². The minimum Gasteiger partial charge on any atom is -0.481 e. The smallest absolute Gasteiger partial charge is 0.316 e. The van der Waals surface area contributed by atoms with Crippen LogP contribution in [0, 0.1) is 0 Å². The molecule has 1 amide bonds. The Morgan fingerprint density at radius 2 is 1.35 bits per heavy atom. The zero-order valence-corrected chi connectivity index (χ0v) is 30.1. The zero-order valence-electron chi connectivity index (χ0n) is 29.1. The summed E-state index contributed by atoms with van der Waals surface area (Å²) in [4.78, 5) is 29.3. The Balaban J connectivity index is 1.76. The minimum absolute atomic E-state index is 0.0921. The summed E-state index contributed by atoms with van der Waals surface area (Å²) >= 11 is 0. The number of aryl methyl sites for hydroxylation is 1. The molecular formula is C40H55NO4Si. The van der Waals surface area contributed by atoms with Crippen LogP contribution in [0.25, 0.3) is 0 Å². The summed E-state index contributed by atoms with van der Waals surface area (Å²) in [6.07, 6.45) is 8.28. The van der Waals surface area contributed by atoms with Gasteiger partial charge in [-0.25, -0.2) is 0 Å². The Kier molecular flexibility index (Phi) is 11.4. The molecular weight excluding hydrogens is 587 g/mol. The van der Waals surface area contributed by atoms with E-state index in [0.717, 1.165) is 23.2 Å². The molecule has 3 aromatic rings. The second-order valence-corrected chi connectivity index (χ2v) is 19.4. The maximum absolute atomic E-state index is 13.9. The standard InChI is InChI=1S/C40H55NO4Si/c1-8-9-10-11-12-15-20-31-25-27-32(28-26-31)40(37(43)44)29-36(42)41(38(2,3)4)35(40)30-45-46(39(5,6)7,33-21-16-13-17-22-33)34-23-18-14-19-24-34/h13-14,16-19,21-28,35H,8-12,15,20,29-30H2,1-7H3,(H,43,44). The molecule has 1 aliphatic rings. The number of nitrogens with zero attached hydrogens (tertiary/aromatic N) is 1. The van der Waals surface area contributed by atoms with Crippen molar-refractivity contribution in [3.8, 4) is 0 Å². The van der Waals surface area contributed by atoms with Crippen LogP contribution in [0.4, 0.5) is 0 Å². The number of aliphatic carboxylic acids is 1. The first-order valence-electron chi connectivity index (χ1n) is 17.2. The zero-order chi connectivity index (χ0) is 33.6. The Bertz CT molecular complexity index is 1390. The summed E-state index contributed by atoms with van der Waals surface area (Å²) in [5, 5.41) is 13.1. The monoisotopic (exact) mass is 641 g/mol. The SMILES string of the molecule is CCCCCCCCc1ccc(C2(C(=O)O)CC(=O)N(C(C)(C)C)C2CO[Si](c2ccccc2)(c2ccccc2)C(C)(C)C)cc1. The number of amides is 1. The van der Waals surface area contributed by atoms with Gasteiger partial charge in [0.25, 0.3) is 8.32 Å². The highest BCUT2D eigenvalue weighted by atomic mass is 28.4. The fraction of sp³-hybridized carbons (Fsp3) is 0.500. The molecule has 1 aliphatic heterocycles. The lowest BCUT2D eigenvalue weighted by molar-refractivity contribution is -0.146. The number of carboxylic acids is 1. The molecule has 3 aromatic carbocycles. The number of carbonyl (C=O) groups excluding carboxylic acids is 1. The quantitative estimate of drug-likeness (QED) is 0.144. The van der Waals surface area contributed by atoms with Gasteiger partial charge in [-0.2, -0.15) is 0 Å². The molecule has 1 heterocycles. The topological polar surface area (TPSA) is 66.8 Å². The molecule has 6 heteroatoms. The number of benzene rings is 3. The Morgan fingerprint density at radius 3 is 1.83 bits per heavy atom. The Hall–Kier alpha value is -3.22. The lowest BCUT2D eigenvalue weighted by Crippen LogP contribution is -2.68. The van der Waals surface area contributed by atoms with Crippen LogP contribution >= 0.6 is 0 Å². The number of unbranched alkanes of at least 4 members (excludes halogenated alkanes) is 5. The summed E-state index contributed by atoms with van der Waals surface area (Å²) in [5.41, 5.74) is -0.153. The first-order valence-corrected chi connectivity index (χ1v) is 19.1. The van der Waals surface area contributed by atoms with E-state index in [1.54, 1.807) is 4.90 Å². The van der Waals surface area contributed by atoms with Gasteiger partial charge in [0.1, 0.15) is 5.41 Å². The summed E-state index contributed by atoms with van der Waals surface area (Å²) in [5.74, 6) is -1.13. The van der Waals surface area contributed by atoms with Gasteiger partial charge in [-0.1, -0.05) is 145 Å². The Morgan fingerprint density at radius 1 is 0.826 bits per heavy atom. The van der Waals surface area contributed by atoms with E-state index in [-0.39, 0.29) is 24.0 Å². The molecule has 0 radical (unpaired) electrons. The van der Waals surface area contributed by atoms with Crippen LogP contribution in [0.5, 0.6) is 0 Å². The molecule has 1 saturated heterocycles. The van der Waals surface area contributed by atoms with E-state index in [1.165, 1.54) is 37.7 Å². The molecule has 0 aromatic heterocycles. The predicted octanol–water partition coefficient (Wildman–Crippen LogP) is 7.89. The van der Waals surface area contributed by atoms with Gasteiger partial charge in [0.2, 0.25) is 5.91 Å². The van der Waals surface area contributed by atoms with E-state index in [1.807, 2.05) is 69.3 Å². The van der Waals surface area contributed by atoms with E-state index < -0.39 is 31.3 Å². The van der Waals surface area contributed by atoms with Gasteiger partial charge < -0.3 is 14.4 Å². The van der Waals surface area contributed by atoms with Gasteiger partial charge in [0.15, 0.2) is 0 Å². The van der Waals surface area contributed by atoms with Crippen LogP contribution in [0.2, 0.25) is 5.04 Å². The molecule has 5 nitrogen and oxygen atoms in total. The number of likely N-dealkylation sites (tertiary alicyclic amines) is 1. The highest BCUT2D eigenvalue weighted by Gasteiger charge is 2.61. The maximum atomic E-state index is 13.9. The lowest BCUT2D eigenvalue weighted by Gasteiger charge is -2.47. The largest absolute Gasteiger partial charge is 0.481 e. The summed E-state index contributed by atoms with van der Waals surface area (Å²) in [7, 11) is -2.99. The van der Waals surface area contributed by atoms with Crippen molar-refractivity contribution in [3.63, 3.8) is 0 Å². The molecule has 46 heavy (non-hydrogen) atoms. The van der Waals surface area contributed by atoms with Gasteiger partial charge in [0, 0.05) is 12.0 Å². The summed E-state index contributed by atoms with van der Waals surface area (Å²) < 4.78 is 7.35. The van der Waals surface area contributed by atoms with Gasteiger partial charge in [-0.3, -0.25) is 9.59 Å². The summed E-state index contributed by atoms with van der Waals surface area (Å²) in [6, 6.07) is 28.1. The van der Waals surface area contributed by atoms with Crippen molar-refractivity contribution < 1.29 is 19.1 Å². The van der Waals surface area contributed by atoms with Crippen LogP contribution in [0.1, 0.15) is 105 Å². The molecule has 0 aliphatic carbocycles. The first kappa shape index (κ1) is 35.6. The van der Waals surface area contributed by atoms with Gasteiger partial charge >= 0.3 is 5.97 Å². The average Bonchev–Trinajstić information content (AvgIpc) is 3.33. The molecule has 1 fully saturated rings. The molecule has 2 atom stereocenters. The third-order valence-corrected chi connectivity index (χ3v) is 14.9. The number of carboxylic acid groups (broad SMARTS) is 1. The predicted molar refractivity (Wildman–Crippen MR) is 191 cm³/mol. The number of carbonyl (C=O) groups is 2.